The third-order valence-electron chi connectivity index (χ3n) is 7.31. The Kier molecular flexibility index (Phi) is 4.85. The van der Waals surface area contributed by atoms with Crippen LogP contribution in [0.25, 0.3) is 0 Å². The zero-order chi connectivity index (χ0) is 20.9. The van der Waals surface area contributed by atoms with Gasteiger partial charge < -0.3 is 14.6 Å². The van der Waals surface area contributed by atoms with Crippen molar-refractivity contribution in [1.29, 1.82) is 0 Å². The van der Waals surface area contributed by atoms with Crippen molar-refractivity contribution in [3.8, 4) is 5.75 Å². The first kappa shape index (κ1) is 19.6. The molecule has 1 saturated heterocycles. The average Bonchev–Trinajstić information content (AvgIpc) is 2.90. The fourth-order valence-electron chi connectivity index (χ4n) is 5.76. The van der Waals surface area contributed by atoms with E-state index in [-0.39, 0.29) is 30.1 Å². The van der Waals surface area contributed by atoms with Crippen LogP contribution >= 0.6 is 0 Å². The van der Waals surface area contributed by atoms with Crippen molar-refractivity contribution in [2.75, 3.05) is 0 Å². The van der Waals surface area contributed by atoms with Crippen LogP contribution in [0.4, 0.5) is 0 Å². The van der Waals surface area contributed by atoms with Gasteiger partial charge in [-0.25, -0.2) is 0 Å². The molecule has 2 aromatic rings. The summed E-state index contributed by atoms with van der Waals surface area (Å²) in [5.41, 5.74) is 4.74. The standard InChI is InChI=1S/C26H30O4/c1-26(2)21-15-19-18-8-4-3-6-17(18)7-5-9-22(19)29-25(21)20-14-16(11-13-24(27)28)10-12-23(20)30-26/h3-4,6,8,10,12,14,19,21-22,25H,5,7,9,11,13,15H2,1-2H3,(H,27,28)/t19-,21-,22-,25+/m0/s1. The summed E-state index contributed by atoms with van der Waals surface area (Å²) in [6, 6.07) is 15.0. The van der Waals surface area contributed by atoms with Gasteiger partial charge >= 0.3 is 5.97 Å². The lowest BCUT2D eigenvalue weighted by molar-refractivity contribution is -0.159. The number of carboxylic acids is 1. The molecule has 30 heavy (non-hydrogen) atoms. The maximum atomic E-state index is 11.0. The molecule has 2 heterocycles. The number of benzene rings is 2. The molecule has 0 spiro atoms. The SMILES string of the molecule is CC1(C)Oc2ccc(CCC(=O)O)cc2[C@H]2O[C@H]3CCCc4ccccc4[C@@H]3C[C@@H]21. The Balaban J connectivity index is 1.51. The molecule has 1 fully saturated rings. The molecule has 0 unspecified atom stereocenters. The molecule has 0 amide bonds. The van der Waals surface area contributed by atoms with Gasteiger partial charge in [0.25, 0.3) is 0 Å². The first-order valence-electron chi connectivity index (χ1n) is 11.2. The topological polar surface area (TPSA) is 55.8 Å². The lowest BCUT2D eigenvalue weighted by Crippen LogP contribution is -2.50. The molecule has 2 aromatic carbocycles. The summed E-state index contributed by atoms with van der Waals surface area (Å²) in [4.78, 5) is 11.0. The average molecular weight is 407 g/mol. The summed E-state index contributed by atoms with van der Waals surface area (Å²) in [6.07, 6.45) is 5.30. The van der Waals surface area contributed by atoms with Crippen LogP contribution in [0.3, 0.4) is 0 Å². The van der Waals surface area contributed by atoms with Gasteiger partial charge in [0.2, 0.25) is 0 Å². The number of hydrogen-bond donors (Lipinski definition) is 1. The van der Waals surface area contributed by atoms with E-state index >= 15 is 0 Å². The number of fused-ring (bicyclic) bond motifs is 6. The highest BCUT2D eigenvalue weighted by atomic mass is 16.5. The Labute approximate surface area is 178 Å². The number of rotatable bonds is 3. The van der Waals surface area contributed by atoms with Gasteiger partial charge in [0.1, 0.15) is 11.4 Å². The summed E-state index contributed by atoms with van der Waals surface area (Å²) in [5.74, 6) is 0.779. The Morgan fingerprint density at radius 3 is 2.83 bits per heavy atom. The van der Waals surface area contributed by atoms with Gasteiger partial charge in [0, 0.05) is 23.8 Å². The van der Waals surface area contributed by atoms with Crippen LogP contribution in [0.5, 0.6) is 5.75 Å². The van der Waals surface area contributed by atoms with Crippen molar-refractivity contribution in [3.05, 3.63) is 64.7 Å². The van der Waals surface area contributed by atoms with E-state index in [1.807, 2.05) is 12.1 Å². The maximum absolute atomic E-state index is 11.0. The molecular weight excluding hydrogens is 376 g/mol. The smallest absolute Gasteiger partial charge is 0.303 e. The van der Waals surface area contributed by atoms with Crippen molar-refractivity contribution < 1.29 is 19.4 Å². The maximum Gasteiger partial charge on any atom is 0.303 e. The molecular formula is C26H30O4. The van der Waals surface area contributed by atoms with Crippen LogP contribution in [-0.2, 0) is 22.4 Å². The van der Waals surface area contributed by atoms with Crippen LogP contribution in [0.1, 0.15) is 73.8 Å². The minimum Gasteiger partial charge on any atom is -0.487 e. The minimum absolute atomic E-state index is 0.0000373. The zero-order valence-corrected chi connectivity index (χ0v) is 17.8. The predicted octanol–water partition coefficient (Wildman–Crippen LogP) is 5.44. The third-order valence-corrected chi connectivity index (χ3v) is 7.31. The van der Waals surface area contributed by atoms with Crippen LogP contribution in [0.15, 0.2) is 42.5 Å². The van der Waals surface area contributed by atoms with Gasteiger partial charge in [-0.1, -0.05) is 30.3 Å². The van der Waals surface area contributed by atoms with E-state index in [0.29, 0.717) is 12.3 Å². The molecule has 0 radical (unpaired) electrons. The van der Waals surface area contributed by atoms with Gasteiger partial charge in [0.15, 0.2) is 0 Å². The predicted molar refractivity (Wildman–Crippen MR) is 115 cm³/mol. The van der Waals surface area contributed by atoms with E-state index in [9.17, 15) is 4.79 Å². The van der Waals surface area contributed by atoms with E-state index < -0.39 is 5.97 Å². The largest absolute Gasteiger partial charge is 0.487 e. The molecule has 4 nitrogen and oxygen atoms in total. The molecule has 158 valence electrons. The van der Waals surface area contributed by atoms with Gasteiger partial charge in [-0.3, -0.25) is 4.79 Å². The third kappa shape index (κ3) is 3.41. The lowest BCUT2D eigenvalue weighted by Gasteiger charge is -2.51. The number of aryl methyl sites for hydroxylation is 2. The van der Waals surface area contributed by atoms with Gasteiger partial charge in [-0.05, 0) is 74.8 Å². The molecule has 0 aromatic heterocycles. The molecule has 0 bridgehead atoms. The highest BCUT2D eigenvalue weighted by Gasteiger charge is 2.51. The normalized spacial score (nSPS) is 28.7. The molecule has 4 heteroatoms. The second kappa shape index (κ2) is 7.42. The molecule has 1 N–H and O–H groups in total. The van der Waals surface area contributed by atoms with E-state index in [1.54, 1.807) is 0 Å². The lowest BCUT2D eigenvalue weighted by atomic mass is 9.70. The second-order valence-corrected chi connectivity index (χ2v) is 9.61. The van der Waals surface area contributed by atoms with E-state index in [2.05, 4.69) is 44.2 Å². The van der Waals surface area contributed by atoms with E-state index in [1.165, 1.54) is 11.1 Å². The highest BCUT2D eigenvalue weighted by molar-refractivity contribution is 5.67. The fraction of sp³-hybridized carbons (Fsp3) is 0.500. The van der Waals surface area contributed by atoms with E-state index in [4.69, 9.17) is 14.6 Å². The van der Waals surface area contributed by atoms with Crippen LogP contribution in [-0.4, -0.2) is 22.8 Å². The Morgan fingerprint density at radius 1 is 1.17 bits per heavy atom. The van der Waals surface area contributed by atoms with Crippen molar-refractivity contribution in [2.24, 2.45) is 5.92 Å². The Bertz CT molecular complexity index is 963. The summed E-state index contributed by atoms with van der Waals surface area (Å²) in [7, 11) is 0. The number of carboxylic acid groups (broad SMARTS) is 1. The monoisotopic (exact) mass is 406 g/mol. The Morgan fingerprint density at radius 2 is 2.00 bits per heavy atom. The van der Waals surface area contributed by atoms with Gasteiger partial charge in [0.05, 0.1) is 12.2 Å². The number of aliphatic carboxylic acids is 1. The molecule has 5 rings (SSSR count). The summed E-state index contributed by atoms with van der Waals surface area (Å²) in [6.45, 7) is 4.36. The van der Waals surface area contributed by atoms with Crippen LogP contribution < -0.4 is 4.74 Å². The molecule has 2 aliphatic heterocycles. The minimum atomic E-state index is -0.767. The molecule has 3 aliphatic rings. The second-order valence-electron chi connectivity index (χ2n) is 9.61. The number of ether oxygens (including phenoxy) is 2. The number of hydrogen-bond acceptors (Lipinski definition) is 3. The van der Waals surface area contributed by atoms with Crippen molar-refractivity contribution in [2.45, 2.75) is 76.1 Å². The van der Waals surface area contributed by atoms with Gasteiger partial charge in [-0.2, -0.15) is 0 Å². The van der Waals surface area contributed by atoms with Gasteiger partial charge in [-0.15, -0.1) is 0 Å². The first-order chi connectivity index (χ1) is 14.4. The van der Waals surface area contributed by atoms with Crippen molar-refractivity contribution in [3.63, 3.8) is 0 Å². The number of carbonyl (C=O) groups is 1. The summed E-state index contributed by atoms with van der Waals surface area (Å²) >= 11 is 0. The van der Waals surface area contributed by atoms with Crippen LogP contribution in [0.2, 0.25) is 0 Å². The quantitative estimate of drug-likeness (QED) is 0.737. The molecule has 1 aliphatic carbocycles. The summed E-state index contributed by atoms with van der Waals surface area (Å²) in [5, 5.41) is 9.06. The summed E-state index contributed by atoms with van der Waals surface area (Å²) < 4.78 is 13.3. The van der Waals surface area contributed by atoms with Crippen LogP contribution in [0, 0.1) is 5.92 Å². The highest BCUT2D eigenvalue weighted by Crippen LogP contribution is 2.55. The zero-order valence-electron chi connectivity index (χ0n) is 17.8. The van der Waals surface area contributed by atoms with Crippen molar-refractivity contribution >= 4 is 5.97 Å². The Hall–Kier alpha value is -2.33. The first-order valence-corrected chi connectivity index (χ1v) is 11.2. The fourth-order valence-corrected chi connectivity index (χ4v) is 5.76. The molecule has 4 atom stereocenters. The van der Waals surface area contributed by atoms with E-state index in [0.717, 1.165) is 42.6 Å². The molecule has 0 saturated carbocycles. The van der Waals surface area contributed by atoms with Crippen molar-refractivity contribution in [1.82, 2.24) is 0 Å².